The van der Waals surface area contributed by atoms with Gasteiger partial charge in [0.2, 0.25) is 10.0 Å². The molecule has 0 aliphatic carbocycles. The maximum Gasteiger partial charge on any atom is 0.246 e. The lowest BCUT2D eigenvalue weighted by atomic mass is 10.3. The van der Waals surface area contributed by atoms with E-state index in [2.05, 4.69) is 22.1 Å². The first kappa shape index (κ1) is 15.9. The topological polar surface area (TPSA) is 78.1 Å². The van der Waals surface area contributed by atoms with Crippen LogP contribution in [0.15, 0.2) is 17.6 Å². The highest BCUT2D eigenvalue weighted by Gasteiger charge is 2.27. The van der Waals surface area contributed by atoms with Crippen LogP contribution in [0.2, 0.25) is 0 Å². The van der Waals surface area contributed by atoms with E-state index < -0.39 is 10.0 Å². The number of likely N-dealkylation sites (N-methyl/N-ethyl adjacent to an activating group) is 1. The number of rotatable bonds is 7. The standard InChI is InChI=1S/C12H22N4O2S/c1-6-7-16(5)19(17,18)12-10(4)14-15-11(12)8-13-9(2)3/h6,9,13H,1,7-8H2,2-5H3,(H,14,15). The molecule has 1 aromatic rings. The molecule has 0 bridgehead atoms. The average Bonchev–Trinajstić information content (AvgIpc) is 2.68. The molecule has 6 nitrogen and oxygen atoms in total. The van der Waals surface area contributed by atoms with Gasteiger partial charge in [-0.3, -0.25) is 5.10 Å². The minimum Gasteiger partial charge on any atom is -0.309 e. The van der Waals surface area contributed by atoms with E-state index in [0.29, 0.717) is 17.9 Å². The van der Waals surface area contributed by atoms with Crippen LogP contribution in [0.25, 0.3) is 0 Å². The van der Waals surface area contributed by atoms with Crippen molar-refractivity contribution in [2.75, 3.05) is 13.6 Å². The second kappa shape index (κ2) is 6.31. The van der Waals surface area contributed by atoms with E-state index in [1.165, 1.54) is 11.4 Å². The van der Waals surface area contributed by atoms with Crippen LogP contribution in [0.1, 0.15) is 25.2 Å². The van der Waals surface area contributed by atoms with Gasteiger partial charge in [0.25, 0.3) is 0 Å². The van der Waals surface area contributed by atoms with Gasteiger partial charge in [-0.15, -0.1) is 6.58 Å². The van der Waals surface area contributed by atoms with Crippen LogP contribution < -0.4 is 5.32 Å². The third-order valence-corrected chi connectivity index (χ3v) is 4.72. The fourth-order valence-electron chi connectivity index (χ4n) is 1.67. The number of nitrogens with zero attached hydrogens (tertiary/aromatic N) is 2. The second-order valence-electron chi connectivity index (χ2n) is 4.73. The highest BCUT2D eigenvalue weighted by Crippen LogP contribution is 2.21. The summed E-state index contributed by atoms with van der Waals surface area (Å²) in [5.41, 5.74) is 1.07. The molecule has 0 spiro atoms. The number of hydrogen-bond acceptors (Lipinski definition) is 4. The summed E-state index contributed by atoms with van der Waals surface area (Å²) in [5, 5.41) is 9.99. The number of aryl methyl sites for hydroxylation is 1. The fraction of sp³-hybridized carbons (Fsp3) is 0.583. The van der Waals surface area contributed by atoms with Gasteiger partial charge in [-0.1, -0.05) is 19.9 Å². The van der Waals surface area contributed by atoms with Gasteiger partial charge in [-0.2, -0.15) is 9.40 Å². The lowest BCUT2D eigenvalue weighted by molar-refractivity contribution is 0.496. The third kappa shape index (κ3) is 3.65. The van der Waals surface area contributed by atoms with E-state index in [-0.39, 0.29) is 17.5 Å². The monoisotopic (exact) mass is 286 g/mol. The Hall–Kier alpha value is -1.18. The molecule has 0 radical (unpaired) electrons. The van der Waals surface area contributed by atoms with Crippen LogP contribution in [0.4, 0.5) is 0 Å². The van der Waals surface area contributed by atoms with Crippen LogP contribution in [-0.2, 0) is 16.6 Å². The molecule has 0 saturated carbocycles. The van der Waals surface area contributed by atoms with E-state index in [0.717, 1.165) is 0 Å². The Labute approximate surface area is 114 Å². The molecule has 0 unspecified atom stereocenters. The largest absolute Gasteiger partial charge is 0.309 e. The van der Waals surface area contributed by atoms with Crippen molar-refractivity contribution in [3.63, 3.8) is 0 Å². The van der Waals surface area contributed by atoms with Crippen LogP contribution in [-0.4, -0.2) is 42.6 Å². The average molecular weight is 286 g/mol. The summed E-state index contributed by atoms with van der Waals surface area (Å²) in [7, 11) is -2.01. The Morgan fingerprint density at radius 2 is 2.16 bits per heavy atom. The SMILES string of the molecule is C=CCN(C)S(=O)(=O)c1c(CNC(C)C)n[nH]c1C. The summed E-state index contributed by atoms with van der Waals surface area (Å²) in [6.07, 6.45) is 1.55. The van der Waals surface area contributed by atoms with E-state index in [1.54, 1.807) is 13.0 Å². The fourth-order valence-corrected chi connectivity index (χ4v) is 3.13. The van der Waals surface area contributed by atoms with E-state index in [1.807, 2.05) is 13.8 Å². The van der Waals surface area contributed by atoms with Gasteiger partial charge in [-0.05, 0) is 6.92 Å². The molecule has 0 fully saturated rings. The molecule has 0 aromatic carbocycles. The highest BCUT2D eigenvalue weighted by atomic mass is 32.2. The lowest BCUT2D eigenvalue weighted by Crippen LogP contribution is -2.29. The van der Waals surface area contributed by atoms with Crippen molar-refractivity contribution in [1.29, 1.82) is 0 Å². The number of aromatic amines is 1. The van der Waals surface area contributed by atoms with Gasteiger partial charge in [0, 0.05) is 26.2 Å². The first-order valence-corrected chi connectivity index (χ1v) is 7.59. The molecule has 0 amide bonds. The molecule has 0 saturated heterocycles. The molecule has 1 rings (SSSR count). The highest BCUT2D eigenvalue weighted by molar-refractivity contribution is 7.89. The summed E-state index contributed by atoms with van der Waals surface area (Å²) < 4.78 is 26.2. The van der Waals surface area contributed by atoms with E-state index >= 15 is 0 Å². The first-order valence-electron chi connectivity index (χ1n) is 6.15. The summed E-state index contributed by atoms with van der Waals surface area (Å²) in [6.45, 7) is 9.94. The van der Waals surface area contributed by atoms with Gasteiger partial charge in [-0.25, -0.2) is 8.42 Å². The van der Waals surface area contributed by atoms with Gasteiger partial charge < -0.3 is 5.32 Å². The molecular formula is C12H22N4O2S. The Bertz CT molecular complexity index is 534. The number of aromatic nitrogens is 2. The molecule has 7 heteroatoms. The predicted octanol–water partition coefficient (Wildman–Crippen LogP) is 1.02. The first-order chi connectivity index (χ1) is 8.80. The Morgan fingerprint density at radius 3 is 2.68 bits per heavy atom. The van der Waals surface area contributed by atoms with Gasteiger partial charge in [0.1, 0.15) is 4.90 Å². The Morgan fingerprint density at radius 1 is 1.53 bits per heavy atom. The Kier molecular flexibility index (Phi) is 5.28. The van der Waals surface area contributed by atoms with E-state index in [4.69, 9.17) is 0 Å². The molecule has 0 atom stereocenters. The summed E-state index contributed by atoms with van der Waals surface area (Å²) in [4.78, 5) is 0.255. The van der Waals surface area contributed by atoms with Crippen molar-refractivity contribution in [2.45, 2.75) is 38.3 Å². The summed E-state index contributed by atoms with van der Waals surface area (Å²) in [5.74, 6) is 0. The number of sulfonamides is 1. The molecule has 0 aliphatic heterocycles. The molecule has 19 heavy (non-hydrogen) atoms. The maximum absolute atomic E-state index is 12.5. The van der Waals surface area contributed by atoms with Crippen LogP contribution in [0.5, 0.6) is 0 Å². The Balaban J connectivity index is 3.11. The van der Waals surface area contributed by atoms with Crippen molar-refractivity contribution >= 4 is 10.0 Å². The van der Waals surface area contributed by atoms with Crippen molar-refractivity contribution in [3.8, 4) is 0 Å². The van der Waals surface area contributed by atoms with Crippen molar-refractivity contribution in [2.24, 2.45) is 0 Å². The third-order valence-electron chi connectivity index (χ3n) is 2.69. The van der Waals surface area contributed by atoms with Crippen LogP contribution >= 0.6 is 0 Å². The van der Waals surface area contributed by atoms with Crippen LogP contribution in [0.3, 0.4) is 0 Å². The molecule has 0 aliphatic rings. The van der Waals surface area contributed by atoms with Crippen LogP contribution in [0, 0.1) is 6.92 Å². The quantitative estimate of drug-likeness (QED) is 0.734. The number of hydrogen-bond donors (Lipinski definition) is 2. The molecule has 1 heterocycles. The molecular weight excluding hydrogens is 264 g/mol. The predicted molar refractivity (Wildman–Crippen MR) is 75.3 cm³/mol. The number of nitrogens with one attached hydrogen (secondary N) is 2. The minimum atomic E-state index is -3.54. The smallest absolute Gasteiger partial charge is 0.246 e. The van der Waals surface area contributed by atoms with Gasteiger partial charge in [0.15, 0.2) is 0 Å². The zero-order valence-electron chi connectivity index (χ0n) is 11.9. The van der Waals surface area contributed by atoms with Crippen molar-refractivity contribution < 1.29 is 8.42 Å². The lowest BCUT2D eigenvalue weighted by Gasteiger charge is -2.16. The normalized spacial score (nSPS) is 12.3. The van der Waals surface area contributed by atoms with Crippen molar-refractivity contribution in [3.05, 3.63) is 24.0 Å². The number of H-pyrrole nitrogens is 1. The van der Waals surface area contributed by atoms with Gasteiger partial charge >= 0.3 is 0 Å². The van der Waals surface area contributed by atoms with Crippen molar-refractivity contribution in [1.82, 2.24) is 19.8 Å². The zero-order chi connectivity index (χ0) is 14.6. The summed E-state index contributed by atoms with van der Waals surface area (Å²) in [6, 6.07) is 0.262. The minimum absolute atomic E-state index is 0.255. The maximum atomic E-state index is 12.5. The second-order valence-corrected chi connectivity index (χ2v) is 6.72. The molecule has 1 aromatic heterocycles. The summed E-state index contributed by atoms with van der Waals surface area (Å²) >= 11 is 0. The molecule has 108 valence electrons. The van der Waals surface area contributed by atoms with E-state index in [9.17, 15) is 8.42 Å². The molecule has 2 N–H and O–H groups in total. The van der Waals surface area contributed by atoms with Gasteiger partial charge in [0.05, 0.1) is 11.4 Å². The zero-order valence-corrected chi connectivity index (χ0v) is 12.7.